The molecule has 0 aliphatic carbocycles. The third-order valence-electron chi connectivity index (χ3n) is 5.21. The van der Waals surface area contributed by atoms with Crippen LogP contribution in [0.25, 0.3) is 11.0 Å². The molecule has 1 atom stereocenters. The maximum absolute atomic E-state index is 13.8. The first-order chi connectivity index (χ1) is 14.8. The molecule has 0 bridgehead atoms. The van der Waals surface area contributed by atoms with Crippen molar-refractivity contribution in [3.05, 3.63) is 59.4 Å². The second-order valence-corrected chi connectivity index (χ2v) is 8.88. The van der Waals surface area contributed by atoms with Gasteiger partial charge in [0.25, 0.3) is 0 Å². The minimum absolute atomic E-state index is 0.180. The summed E-state index contributed by atoms with van der Waals surface area (Å²) in [5, 5.41) is 2.58. The Hall–Kier alpha value is -3.02. The lowest BCUT2D eigenvalue weighted by Crippen LogP contribution is -2.43. The van der Waals surface area contributed by atoms with Crippen molar-refractivity contribution in [2.45, 2.75) is 5.92 Å². The van der Waals surface area contributed by atoms with Gasteiger partial charge in [-0.2, -0.15) is 16.7 Å². The highest BCUT2D eigenvalue weighted by Crippen LogP contribution is 2.30. The third-order valence-corrected chi connectivity index (χ3v) is 7.08. The highest BCUT2D eigenvalue weighted by molar-refractivity contribution is 7.87. The number of morpholine rings is 1. The first-order valence-electron chi connectivity index (χ1n) is 9.66. The fourth-order valence-corrected chi connectivity index (χ4v) is 5.24. The lowest BCUT2D eigenvalue weighted by molar-refractivity contribution is -0.121. The van der Waals surface area contributed by atoms with Crippen LogP contribution in [-0.2, 0) is 19.7 Å². The number of amides is 1. The number of fused-ring (bicyclic) bond motifs is 1. The lowest BCUT2D eigenvalue weighted by atomic mass is 9.90. The molecule has 4 rings (SSSR count). The molecule has 1 aromatic heterocycles. The molecule has 31 heavy (non-hydrogen) atoms. The molecule has 164 valence electrons. The van der Waals surface area contributed by atoms with E-state index in [0.29, 0.717) is 16.6 Å². The molecule has 1 saturated heterocycles. The number of carbonyl (C=O) groups excluding carboxylic acids is 1. The number of nitrogens with one attached hydrogen (secondary N) is 1. The highest BCUT2D eigenvalue weighted by atomic mass is 32.2. The van der Waals surface area contributed by atoms with Crippen LogP contribution in [0.3, 0.4) is 0 Å². The van der Waals surface area contributed by atoms with Gasteiger partial charge in [0, 0.05) is 20.1 Å². The maximum Gasteiger partial charge on any atom is 0.311 e. The van der Waals surface area contributed by atoms with Crippen molar-refractivity contribution in [3.8, 4) is 0 Å². The predicted octanol–water partition coefficient (Wildman–Crippen LogP) is 1.06. The smallest absolute Gasteiger partial charge is 0.311 e. The molecule has 9 nitrogen and oxygen atoms in total. The summed E-state index contributed by atoms with van der Waals surface area (Å²) in [4.78, 5) is 16.8. The summed E-state index contributed by atoms with van der Waals surface area (Å²) in [5.41, 5.74) is 7.51. The SMILES string of the molecule is CNC(=O)C(c1cccc(F)c1)c1ccc2nc(N)n(S(=O)(=O)N3CCOCC3)c2c1. The van der Waals surface area contributed by atoms with E-state index in [0.717, 1.165) is 3.97 Å². The number of nitrogen functional groups attached to an aromatic ring is 1. The number of likely N-dealkylation sites (N-methyl/N-ethyl adjacent to an activating group) is 1. The molecule has 0 saturated carbocycles. The van der Waals surface area contributed by atoms with E-state index in [2.05, 4.69) is 10.3 Å². The summed E-state index contributed by atoms with van der Waals surface area (Å²) in [6, 6.07) is 10.5. The summed E-state index contributed by atoms with van der Waals surface area (Å²) in [6.07, 6.45) is 0. The van der Waals surface area contributed by atoms with Crippen LogP contribution in [0.4, 0.5) is 10.3 Å². The number of nitrogens with two attached hydrogens (primary N) is 1. The van der Waals surface area contributed by atoms with Gasteiger partial charge in [0.2, 0.25) is 11.9 Å². The van der Waals surface area contributed by atoms with Crippen molar-refractivity contribution in [1.29, 1.82) is 0 Å². The predicted molar refractivity (Wildman–Crippen MR) is 113 cm³/mol. The molecule has 3 aromatic rings. The van der Waals surface area contributed by atoms with Gasteiger partial charge in [0.1, 0.15) is 5.82 Å². The monoisotopic (exact) mass is 447 g/mol. The lowest BCUT2D eigenvalue weighted by Gasteiger charge is -2.26. The van der Waals surface area contributed by atoms with Gasteiger partial charge in [-0.1, -0.05) is 18.2 Å². The number of anilines is 1. The van der Waals surface area contributed by atoms with Crippen LogP contribution < -0.4 is 11.1 Å². The number of benzene rings is 2. The molecule has 0 spiro atoms. The fraction of sp³-hybridized carbons (Fsp3) is 0.300. The van der Waals surface area contributed by atoms with Gasteiger partial charge in [-0.15, -0.1) is 0 Å². The Labute approximate surface area is 178 Å². The molecule has 1 fully saturated rings. The topological polar surface area (TPSA) is 120 Å². The Morgan fingerprint density at radius 2 is 1.90 bits per heavy atom. The zero-order valence-electron chi connectivity index (χ0n) is 16.8. The number of aromatic nitrogens is 2. The molecule has 1 aliphatic rings. The Morgan fingerprint density at radius 3 is 2.58 bits per heavy atom. The summed E-state index contributed by atoms with van der Waals surface area (Å²) in [6.45, 7) is 0.973. The first kappa shape index (κ1) is 21.2. The number of halogens is 1. The van der Waals surface area contributed by atoms with Crippen molar-refractivity contribution in [2.75, 3.05) is 39.1 Å². The van der Waals surface area contributed by atoms with E-state index < -0.39 is 21.9 Å². The minimum Gasteiger partial charge on any atom is -0.379 e. The van der Waals surface area contributed by atoms with Crippen LogP contribution in [0.1, 0.15) is 17.0 Å². The molecular weight excluding hydrogens is 425 g/mol. The summed E-state index contributed by atoms with van der Waals surface area (Å²) >= 11 is 0. The van der Waals surface area contributed by atoms with E-state index in [9.17, 15) is 17.6 Å². The summed E-state index contributed by atoms with van der Waals surface area (Å²) < 4.78 is 47.8. The molecule has 11 heteroatoms. The number of rotatable bonds is 5. The molecule has 2 heterocycles. The van der Waals surface area contributed by atoms with Crippen LogP contribution in [0.2, 0.25) is 0 Å². The Bertz CT molecular complexity index is 1240. The number of ether oxygens (including phenoxy) is 1. The molecule has 2 aromatic carbocycles. The molecule has 1 unspecified atom stereocenters. The second kappa shape index (κ2) is 8.25. The van der Waals surface area contributed by atoms with E-state index in [1.165, 1.54) is 29.6 Å². The van der Waals surface area contributed by atoms with Gasteiger partial charge in [-0.3, -0.25) is 4.79 Å². The zero-order valence-corrected chi connectivity index (χ0v) is 17.6. The van der Waals surface area contributed by atoms with Gasteiger partial charge in [-0.05, 0) is 35.4 Å². The molecule has 1 aliphatic heterocycles. The Morgan fingerprint density at radius 1 is 1.19 bits per heavy atom. The number of imidazole rings is 1. The van der Waals surface area contributed by atoms with Crippen molar-refractivity contribution in [2.24, 2.45) is 0 Å². The largest absolute Gasteiger partial charge is 0.379 e. The standard InChI is InChI=1S/C20H22FN5O4S/c1-23-19(27)18(13-3-2-4-15(21)11-13)14-5-6-16-17(12-14)26(20(22)24-16)31(28,29)25-7-9-30-10-8-25/h2-6,11-12,18H,7-10H2,1H3,(H2,22,24)(H,23,27). The number of hydrogen-bond acceptors (Lipinski definition) is 6. The number of hydrogen-bond donors (Lipinski definition) is 2. The number of nitrogens with zero attached hydrogens (tertiary/aromatic N) is 3. The summed E-state index contributed by atoms with van der Waals surface area (Å²) in [5.74, 6) is -1.86. The van der Waals surface area contributed by atoms with Crippen LogP contribution in [0.5, 0.6) is 0 Å². The Balaban J connectivity index is 1.87. The van der Waals surface area contributed by atoms with Gasteiger partial charge in [-0.25, -0.2) is 9.37 Å². The van der Waals surface area contributed by atoms with E-state index in [4.69, 9.17) is 10.5 Å². The fourth-order valence-electron chi connectivity index (χ4n) is 3.73. The van der Waals surface area contributed by atoms with Gasteiger partial charge in [0.15, 0.2) is 0 Å². The van der Waals surface area contributed by atoms with E-state index >= 15 is 0 Å². The molecular formula is C20H22FN5O4S. The molecule has 1 amide bonds. The van der Waals surface area contributed by atoms with Gasteiger partial charge >= 0.3 is 10.2 Å². The normalized spacial score (nSPS) is 16.3. The molecule has 3 N–H and O–H groups in total. The maximum atomic E-state index is 13.8. The van der Waals surface area contributed by atoms with Crippen LogP contribution in [0, 0.1) is 5.82 Å². The average molecular weight is 447 g/mol. The van der Waals surface area contributed by atoms with Crippen LogP contribution >= 0.6 is 0 Å². The van der Waals surface area contributed by atoms with Crippen molar-refractivity contribution in [1.82, 2.24) is 18.6 Å². The Kier molecular flexibility index (Phi) is 5.65. The first-order valence-corrected chi connectivity index (χ1v) is 11.1. The average Bonchev–Trinajstić information content (AvgIpc) is 3.10. The quantitative estimate of drug-likeness (QED) is 0.604. The van der Waals surface area contributed by atoms with E-state index in [1.807, 2.05) is 0 Å². The number of carbonyl (C=O) groups is 1. The van der Waals surface area contributed by atoms with Crippen molar-refractivity contribution < 1.29 is 22.3 Å². The van der Waals surface area contributed by atoms with Crippen LogP contribution in [-0.4, -0.2) is 60.9 Å². The summed E-state index contributed by atoms with van der Waals surface area (Å²) in [7, 11) is -2.51. The van der Waals surface area contributed by atoms with Crippen molar-refractivity contribution in [3.63, 3.8) is 0 Å². The van der Waals surface area contributed by atoms with E-state index in [1.54, 1.807) is 24.3 Å². The zero-order chi connectivity index (χ0) is 22.2. The minimum atomic E-state index is -3.99. The second-order valence-electron chi connectivity index (χ2n) is 7.10. The highest BCUT2D eigenvalue weighted by Gasteiger charge is 2.31. The van der Waals surface area contributed by atoms with Crippen molar-refractivity contribution >= 4 is 33.1 Å². The third kappa shape index (κ3) is 3.87. The van der Waals surface area contributed by atoms with Crippen LogP contribution in [0.15, 0.2) is 42.5 Å². The molecule has 0 radical (unpaired) electrons. The van der Waals surface area contributed by atoms with Gasteiger partial charge in [0.05, 0.1) is 30.2 Å². The van der Waals surface area contributed by atoms with Gasteiger partial charge < -0.3 is 15.8 Å². The van der Waals surface area contributed by atoms with E-state index in [-0.39, 0.29) is 43.7 Å².